The molecular formula is C24H22N4O3S2. The minimum absolute atomic E-state index is 0.113. The molecule has 168 valence electrons. The maximum atomic E-state index is 13.1. The van der Waals surface area contributed by atoms with E-state index in [9.17, 15) is 13.2 Å². The van der Waals surface area contributed by atoms with Crippen LogP contribution < -0.4 is 0 Å². The van der Waals surface area contributed by atoms with Crippen LogP contribution in [0.15, 0.2) is 78.0 Å². The molecule has 1 N–H and O–H groups in total. The van der Waals surface area contributed by atoms with Crippen LogP contribution in [0.5, 0.6) is 0 Å². The Kier molecular flexibility index (Phi) is 5.84. The third-order valence-corrected chi connectivity index (χ3v) is 8.69. The summed E-state index contributed by atoms with van der Waals surface area (Å²) in [5.74, 6) is -0.113. The molecule has 0 spiro atoms. The molecule has 1 fully saturated rings. The number of H-pyrrole nitrogens is 1. The number of aromatic nitrogens is 2. The fourth-order valence-electron chi connectivity index (χ4n) is 3.89. The summed E-state index contributed by atoms with van der Waals surface area (Å²) in [5.41, 5.74) is 1.69. The van der Waals surface area contributed by atoms with Crippen LogP contribution in [0, 0.1) is 0 Å². The molecule has 1 aliphatic rings. The van der Waals surface area contributed by atoms with E-state index in [1.54, 1.807) is 40.6 Å². The highest BCUT2D eigenvalue weighted by atomic mass is 32.2. The number of carbonyl (C=O) groups is 1. The molecule has 0 bridgehead atoms. The lowest BCUT2D eigenvalue weighted by molar-refractivity contribution is -0.127. The number of thiophene rings is 1. The first-order valence-electron chi connectivity index (χ1n) is 10.6. The number of carbonyl (C=O) groups excluding carboxylic acids is 1. The number of hydrogen-bond acceptors (Lipinski definition) is 5. The molecule has 4 aromatic rings. The molecule has 7 nitrogen and oxygen atoms in total. The van der Waals surface area contributed by atoms with Crippen LogP contribution in [-0.2, 0) is 14.8 Å². The molecule has 9 heteroatoms. The maximum Gasteiger partial charge on any atom is 0.246 e. The summed E-state index contributed by atoms with van der Waals surface area (Å²) in [6, 6.07) is 17.6. The summed E-state index contributed by atoms with van der Waals surface area (Å²) in [5, 5.41) is 0.574. The van der Waals surface area contributed by atoms with Crippen LogP contribution in [0.4, 0.5) is 0 Å². The van der Waals surface area contributed by atoms with Gasteiger partial charge in [-0.05, 0) is 35.9 Å². The fourth-order valence-corrected chi connectivity index (χ4v) is 6.38. The van der Waals surface area contributed by atoms with Gasteiger partial charge in [0.05, 0.1) is 0 Å². The number of rotatable bonds is 5. The van der Waals surface area contributed by atoms with Crippen LogP contribution in [0.3, 0.4) is 0 Å². The van der Waals surface area contributed by atoms with E-state index in [0.717, 1.165) is 15.3 Å². The SMILES string of the molecule is O=C(C=Cc1ccc(-c2ccccc2)s1)N1CCN(S(=O)(=O)c2c[nH]c3ncccc23)CC1. The van der Waals surface area contributed by atoms with Crippen molar-refractivity contribution in [3.63, 3.8) is 0 Å². The van der Waals surface area contributed by atoms with Crippen LogP contribution in [0.1, 0.15) is 4.88 Å². The Balaban J connectivity index is 1.22. The number of fused-ring (bicyclic) bond motifs is 1. The van der Waals surface area contributed by atoms with E-state index in [4.69, 9.17) is 0 Å². The van der Waals surface area contributed by atoms with Gasteiger partial charge >= 0.3 is 0 Å². The van der Waals surface area contributed by atoms with Crippen LogP contribution in [0.25, 0.3) is 27.6 Å². The van der Waals surface area contributed by atoms with Gasteiger partial charge in [-0.25, -0.2) is 13.4 Å². The van der Waals surface area contributed by atoms with Crippen molar-refractivity contribution in [1.29, 1.82) is 0 Å². The lowest BCUT2D eigenvalue weighted by atomic mass is 10.2. The molecule has 0 unspecified atom stereocenters. The molecule has 1 aromatic carbocycles. The lowest BCUT2D eigenvalue weighted by Gasteiger charge is -2.33. The highest BCUT2D eigenvalue weighted by Gasteiger charge is 2.31. The predicted molar refractivity (Wildman–Crippen MR) is 130 cm³/mol. The molecule has 3 aromatic heterocycles. The van der Waals surface area contributed by atoms with Crippen LogP contribution >= 0.6 is 11.3 Å². The third-order valence-electron chi connectivity index (χ3n) is 5.66. The molecule has 1 aliphatic heterocycles. The van der Waals surface area contributed by atoms with Gasteiger partial charge in [0.1, 0.15) is 10.5 Å². The van der Waals surface area contributed by atoms with Gasteiger partial charge in [-0.2, -0.15) is 4.31 Å². The Bertz CT molecular complexity index is 1420. The van der Waals surface area contributed by atoms with E-state index in [1.165, 1.54) is 10.5 Å². The summed E-state index contributed by atoms with van der Waals surface area (Å²) in [4.78, 5) is 23.8. The first-order valence-corrected chi connectivity index (χ1v) is 12.8. The van der Waals surface area contributed by atoms with E-state index < -0.39 is 10.0 Å². The van der Waals surface area contributed by atoms with Gasteiger partial charge in [-0.15, -0.1) is 11.3 Å². The van der Waals surface area contributed by atoms with Gasteiger partial charge < -0.3 is 9.88 Å². The molecule has 0 atom stereocenters. The van der Waals surface area contributed by atoms with E-state index >= 15 is 0 Å². The molecule has 1 saturated heterocycles. The van der Waals surface area contributed by atoms with Crippen molar-refractivity contribution in [2.24, 2.45) is 0 Å². The number of nitrogens with zero attached hydrogens (tertiary/aromatic N) is 3. The molecular weight excluding hydrogens is 456 g/mol. The lowest BCUT2D eigenvalue weighted by Crippen LogP contribution is -2.50. The zero-order chi connectivity index (χ0) is 22.8. The molecule has 4 heterocycles. The average Bonchev–Trinajstić information content (AvgIpc) is 3.51. The van der Waals surface area contributed by atoms with Crippen molar-refractivity contribution in [2.75, 3.05) is 26.2 Å². The Labute approximate surface area is 196 Å². The first-order chi connectivity index (χ1) is 16.0. The zero-order valence-electron chi connectivity index (χ0n) is 17.7. The summed E-state index contributed by atoms with van der Waals surface area (Å²) in [6.45, 7) is 1.21. The molecule has 0 radical (unpaired) electrons. The summed E-state index contributed by atoms with van der Waals surface area (Å²) >= 11 is 1.62. The minimum Gasteiger partial charge on any atom is -0.345 e. The second kappa shape index (κ2) is 8.93. The monoisotopic (exact) mass is 478 g/mol. The van der Waals surface area contributed by atoms with E-state index in [-0.39, 0.29) is 23.9 Å². The van der Waals surface area contributed by atoms with E-state index in [1.807, 2.05) is 36.4 Å². The van der Waals surface area contributed by atoms with Crippen molar-refractivity contribution in [2.45, 2.75) is 4.90 Å². The zero-order valence-corrected chi connectivity index (χ0v) is 19.3. The standard InChI is InChI=1S/C24H22N4O3S2/c29-23(11-9-19-8-10-21(32-19)18-5-2-1-3-6-18)27-13-15-28(16-14-27)33(30,31)22-17-26-24-20(22)7-4-12-25-24/h1-12,17H,13-16H2,(H,25,26). The van der Waals surface area contributed by atoms with Crippen LogP contribution in [0.2, 0.25) is 0 Å². The first kappa shape index (κ1) is 21.6. The van der Waals surface area contributed by atoms with Crippen molar-refractivity contribution in [3.8, 4) is 10.4 Å². The highest BCUT2D eigenvalue weighted by Crippen LogP contribution is 2.29. The number of sulfonamides is 1. The maximum absolute atomic E-state index is 13.1. The number of aromatic amines is 1. The van der Waals surface area contributed by atoms with Gasteiger partial charge in [0.25, 0.3) is 0 Å². The van der Waals surface area contributed by atoms with Crippen molar-refractivity contribution < 1.29 is 13.2 Å². The van der Waals surface area contributed by atoms with Gasteiger partial charge in [-0.3, -0.25) is 4.79 Å². The molecule has 33 heavy (non-hydrogen) atoms. The number of nitrogens with one attached hydrogen (secondary N) is 1. The van der Waals surface area contributed by atoms with Crippen LogP contribution in [-0.4, -0.2) is 59.7 Å². The number of pyridine rings is 1. The summed E-state index contributed by atoms with van der Waals surface area (Å²) in [7, 11) is -3.67. The molecule has 0 aliphatic carbocycles. The Morgan fingerprint density at radius 3 is 2.58 bits per heavy atom. The number of hydrogen-bond donors (Lipinski definition) is 1. The van der Waals surface area contributed by atoms with E-state index in [2.05, 4.69) is 22.1 Å². The Morgan fingerprint density at radius 1 is 1.00 bits per heavy atom. The summed E-state index contributed by atoms with van der Waals surface area (Å²) in [6.07, 6.45) is 6.49. The van der Waals surface area contributed by atoms with Crippen molar-refractivity contribution >= 4 is 44.4 Å². The summed E-state index contributed by atoms with van der Waals surface area (Å²) < 4.78 is 27.7. The quantitative estimate of drug-likeness (QED) is 0.442. The highest BCUT2D eigenvalue weighted by molar-refractivity contribution is 7.89. The number of piperazine rings is 1. The van der Waals surface area contributed by atoms with Gasteiger partial charge in [0.15, 0.2) is 0 Å². The second-order valence-electron chi connectivity index (χ2n) is 7.68. The third kappa shape index (κ3) is 4.35. The van der Waals surface area contributed by atoms with Gasteiger partial charge in [0, 0.05) is 59.8 Å². The Morgan fingerprint density at radius 2 is 1.79 bits per heavy atom. The normalized spacial score (nSPS) is 15.5. The predicted octanol–water partition coefficient (Wildman–Crippen LogP) is 3.84. The topological polar surface area (TPSA) is 86.4 Å². The largest absolute Gasteiger partial charge is 0.345 e. The average molecular weight is 479 g/mol. The van der Waals surface area contributed by atoms with E-state index in [0.29, 0.717) is 24.1 Å². The second-order valence-corrected chi connectivity index (χ2v) is 10.7. The fraction of sp³-hybridized carbons (Fsp3) is 0.167. The molecule has 0 saturated carbocycles. The Hall–Kier alpha value is -3.27. The number of benzene rings is 1. The molecule has 5 rings (SSSR count). The molecule has 1 amide bonds. The number of amides is 1. The smallest absolute Gasteiger partial charge is 0.246 e. The van der Waals surface area contributed by atoms with Crippen molar-refractivity contribution in [3.05, 3.63) is 77.9 Å². The van der Waals surface area contributed by atoms with Gasteiger partial charge in [-0.1, -0.05) is 30.3 Å². The van der Waals surface area contributed by atoms with Gasteiger partial charge in [0.2, 0.25) is 15.9 Å². The van der Waals surface area contributed by atoms with Crippen molar-refractivity contribution in [1.82, 2.24) is 19.2 Å². The minimum atomic E-state index is -3.67.